The summed E-state index contributed by atoms with van der Waals surface area (Å²) in [5.74, 6) is -0.493. The van der Waals surface area contributed by atoms with E-state index in [9.17, 15) is 31.1 Å². The molecule has 0 aliphatic carbocycles. The van der Waals surface area contributed by atoms with E-state index in [0.29, 0.717) is 31.9 Å². The zero-order chi connectivity index (χ0) is 23.7. The summed E-state index contributed by atoms with van der Waals surface area (Å²) >= 11 is 5.59. The number of halogens is 7. The van der Waals surface area contributed by atoms with Crippen molar-refractivity contribution in [2.24, 2.45) is 0 Å². The number of carbonyl (C=O) groups is 1. The van der Waals surface area contributed by atoms with E-state index in [2.05, 4.69) is 5.32 Å². The van der Waals surface area contributed by atoms with Crippen LogP contribution in [0, 0.1) is 0 Å². The molecule has 3 rings (SSSR count). The van der Waals surface area contributed by atoms with Gasteiger partial charge >= 0.3 is 12.4 Å². The molecule has 4 nitrogen and oxygen atoms in total. The van der Waals surface area contributed by atoms with Crippen molar-refractivity contribution in [1.82, 2.24) is 4.90 Å². The summed E-state index contributed by atoms with van der Waals surface area (Å²) < 4.78 is 77.9. The lowest BCUT2D eigenvalue weighted by molar-refractivity contribution is -0.138. The van der Waals surface area contributed by atoms with Gasteiger partial charge in [0.05, 0.1) is 22.2 Å². The molecule has 0 saturated carbocycles. The van der Waals surface area contributed by atoms with Gasteiger partial charge in [0.2, 0.25) is 5.91 Å². The first-order valence-electron chi connectivity index (χ1n) is 9.70. The molecule has 1 N–H and O–H groups in total. The Kier molecular flexibility index (Phi) is 6.94. The highest BCUT2D eigenvalue weighted by molar-refractivity contribution is 6.31. The number of hydrogen-bond acceptors (Lipinski definition) is 3. The highest BCUT2D eigenvalue weighted by Gasteiger charge is 2.34. The van der Waals surface area contributed by atoms with E-state index in [1.165, 1.54) is 12.1 Å². The first kappa shape index (κ1) is 24.2. The van der Waals surface area contributed by atoms with Gasteiger partial charge in [0.15, 0.2) is 0 Å². The Hall–Kier alpha value is -2.46. The molecular weight excluding hydrogens is 460 g/mol. The van der Waals surface area contributed by atoms with Crippen LogP contribution < -0.4 is 10.2 Å². The predicted octanol–water partition coefficient (Wildman–Crippen LogP) is 5.53. The molecule has 11 heteroatoms. The molecule has 1 atom stereocenters. The largest absolute Gasteiger partial charge is 0.417 e. The zero-order valence-corrected chi connectivity index (χ0v) is 17.7. The fourth-order valence-corrected chi connectivity index (χ4v) is 3.70. The van der Waals surface area contributed by atoms with E-state index in [0.717, 1.165) is 24.3 Å². The molecule has 1 amide bonds. The van der Waals surface area contributed by atoms with E-state index in [1.807, 2.05) is 4.90 Å². The van der Waals surface area contributed by atoms with E-state index >= 15 is 0 Å². The van der Waals surface area contributed by atoms with E-state index in [1.54, 1.807) is 17.9 Å². The van der Waals surface area contributed by atoms with Crippen molar-refractivity contribution in [3.05, 3.63) is 58.6 Å². The van der Waals surface area contributed by atoms with Crippen LogP contribution in [0.1, 0.15) is 18.1 Å². The molecule has 32 heavy (non-hydrogen) atoms. The third-order valence-electron chi connectivity index (χ3n) is 5.32. The number of amides is 1. The number of alkyl halides is 6. The minimum atomic E-state index is -4.65. The zero-order valence-electron chi connectivity index (χ0n) is 16.9. The maximum atomic E-state index is 13.0. The van der Waals surface area contributed by atoms with Crippen molar-refractivity contribution in [2.45, 2.75) is 25.3 Å². The highest BCUT2D eigenvalue weighted by atomic mass is 35.5. The van der Waals surface area contributed by atoms with Gasteiger partial charge in [-0.25, -0.2) is 0 Å². The predicted molar refractivity (Wildman–Crippen MR) is 110 cm³/mol. The summed E-state index contributed by atoms with van der Waals surface area (Å²) in [5.41, 5.74) is -1.36. The average molecular weight is 480 g/mol. The van der Waals surface area contributed by atoms with Crippen molar-refractivity contribution >= 4 is 28.9 Å². The average Bonchev–Trinajstić information content (AvgIpc) is 2.73. The lowest BCUT2D eigenvalue weighted by Crippen LogP contribution is -2.52. The van der Waals surface area contributed by atoms with Crippen molar-refractivity contribution in [3.63, 3.8) is 0 Å². The number of rotatable bonds is 4. The summed E-state index contributed by atoms with van der Waals surface area (Å²) in [4.78, 5) is 16.2. The third-order valence-corrected chi connectivity index (χ3v) is 5.65. The summed E-state index contributed by atoms with van der Waals surface area (Å²) in [6.07, 6.45) is -9.08. The summed E-state index contributed by atoms with van der Waals surface area (Å²) in [6, 6.07) is 7.52. The molecule has 1 fully saturated rings. The van der Waals surface area contributed by atoms with Gasteiger partial charge in [-0.3, -0.25) is 9.69 Å². The van der Waals surface area contributed by atoms with Crippen LogP contribution in [0.25, 0.3) is 0 Å². The van der Waals surface area contributed by atoms with Crippen molar-refractivity contribution in [2.75, 3.05) is 36.4 Å². The van der Waals surface area contributed by atoms with E-state index in [-0.39, 0.29) is 5.69 Å². The Balaban J connectivity index is 1.61. The quantitative estimate of drug-likeness (QED) is 0.586. The minimum Gasteiger partial charge on any atom is -0.369 e. The third kappa shape index (κ3) is 5.66. The second-order valence-electron chi connectivity index (χ2n) is 7.43. The van der Waals surface area contributed by atoms with Gasteiger partial charge < -0.3 is 10.2 Å². The van der Waals surface area contributed by atoms with Gasteiger partial charge in [-0.05, 0) is 43.3 Å². The van der Waals surface area contributed by atoms with Crippen LogP contribution in [0.15, 0.2) is 42.5 Å². The molecule has 0 unspecified atom stereocenters. The monoisotopic (exact) mass is 479 g/mol. The van der Waals surface area contributed by atoms with Crippen LogP contribution in [0.3, 0.4) is 0 Å². The lowest BCUT2D eigenvalue weighted by atomic mass is 10.1. The van der Waals surface area contributed by atoms with Gasteiger partial charge in [0.1, 0.15) is 0 Å². The van der Waals surface area contributed by atoms with Crippen LogP contribution in [0.2, 0.25) is 5.02 Å². The first-order chi connectivity index (χ1) is 14.9. The number of carbonyl (C=O) groups excluding carboxylic acids is 1. The fraction of sp³-hybridized carbons (Fsp3) is 0.381. The standard InChI is InChI=1S/C21H20ClF6N3O/c1-13(19(32)29-15-5-6-18(22)17(12-15)21(26,27)28)30-7-9-31(10-8-30)16-4-2-3-14(11-16)20(23,24)25/h2-6,11-13H,7-10H2,1H3,(H,29,32)/t13-/m0/s1. The van der Waals surface area contributed by atoms with E-state index < -0.39 is 40.5 Å². The topological polar surface area (TPSA) is 35.6 Å². The minimum absolute atomic E-state index is 0.0267. The molecule has 1 saturated heterocycles. The Morgan fingerprint density at radius 2 is 1.62 bits per heavy atom. The van der Waals surface area contributed by atoms with Gasteiger partial charge in [-0.1, -0.05) is 17.7 Å². The SMILES string of the molecule is C[C@@H](C(=O)Nc1ccc(Cl)c(C(F)(F)F)c1)N1CCN(c2cccc(C(F)(F)F)c2)CC1. The van der Waals surface area contributed by atoms with Crippen LogP contribution in [-0.4, -0.2) is 43.0 Å². The summed E-state index contributed by atoms with van der Waals surface area (Å²) in [5, 5.41) is 2.00. The van der Waals surface area contributed by atoms with Gasteiger partial charge in [0, 0.05) is 37.6 Å². The smallest absolute Gasteiger partial charge is 0.369 e. The number of nitrogens with zero attached hydrogens (tertiary/aromatic N) is 2. The van der Waals surface area contributed by atoms with Gasteiger partial charge in [-0.15, -0.1) is 0 Å². The van der Waals surface area contributed by atoms with Crippen LogP contribution >= 0.6 is 11.6 Å². The summed E-state index contributed by atoms with van der Waals surface area (Å²) in [7, 11) is 0. The molecule has 0 aromatic heterocycles. The fourth-order valence-electron chi connectivity index (χ4n) is 3.48. The molecule has 1 aliphatic rings. The Morgan fingerprint density at radius 1 is 0.969 bits per heavy atom. The maximum absolute atomic E-state index is 13.0. The molecule has 2 aromatic rings. The highest BCUT2D eigenvalue weighted by Crippen LogP contribution is 2.36. The number of hydrogen-bond donors (Lipinski definition) is 1. The van der Waals surface area contributed by atoms with Gasteiger partial charge in [0.25, 0.3) is 0 Å². The molecule has 0 bridgehead atoms. The normalized spacial score (nSPS) is 16.7. The Labute approximate surface area is 185 Å². The molecule has 1 heterocycles. The summed E-state index contributed by atoms with van der Waals surface area (Å²) in [6.45, 7) is 3.23. The first-order valence-corrected chi connectivity index (χ1v) is 10.1. The van der Waals surface area contributed by atoms with Crippen LogP contribution in [-0.2, 0) is 17.1 Å². The van der Waals surface area contributed by atoms with Crippen molar-refractivity contribution in [1.29, 1.82) is 0 Å². The van der Waals surface area contributed by atoms with Gasteiger partial charge in [-0.2, -0.15) is 26.3 Å². The number of piperazine rings is 1. The second kappa shape index (κ2) is 9.19. The molecule has 2 aromatic carbocycles. The molecule has 0 spiro atoms. The Bertz CT molecular complexity index is 971. The molecular formula is C21H20ClF6N3O. The van der Waals surface area contributed by atoms with Crippen molar-refractivity contribution in [3.8, 4) is 0 Å². The molecule has 174 valence electrons. The number of anilines is 2. The van der Waals surface area contributed by atoms with Crippen LogP contribution in [0.4, 0.5) is 37.7 Å². The second-order valence-corrected chi connectivity index (χ2v) is 7.84. The van der Waals surface area contributed by atoms with Crippen molar-refractivity contribution < 1.29 is 31.1 Å². The number of nitrogens with one attached hydrogen (secondary N) is 1. The lowest BCUT2D eigenvalue weighted by Gasteiger charge is -2.38. The Morgan fingerprint density at radius 3 is 2.22 bits per heavy atom. The van der Waals surface area contributed by atoms with Crippen LogP contribution in [0.5, 0.6) is 0 Å². The maximum Gasteiger partial charge on any atom is 0.417 e. The number of benzene rings is 2. The molecule has 1 aliphatic heterocycles. The molecule has 0 radical (unpaired) electrons. The van der Waals surface area contributed by atoms with E-state index in [4.69, 9.17) is 11.6 Å².